The van der Waals surface area contributed by atoms with Crippen LogP contribution in [0, 0.1) is 6.92 Å². The average molecular weight is 189 g/mol. The summed E-state index contributed by atoms with van der Waals surface area (Å²) in [6.45, 7) is 1.97. The molecule has 1 N–H and O–H groups in total. The third kappa shape index (κ3) is 3.23. The molecule has 14 heavy (non-hydrogen) atoms. The number of hydrogen-bond acceptors (Lipinski definition) is 2. The molecule has 1 amide bonds. The van der Waals surface area contributed by atoms with Crippen LogP contribution in [0.1, 0.15) is 5.56 Å². The van der Waals surface area contributed by atoms with E-state index >= 15 is 0 Å². The molecule has 0 unspecified atom stereocenters. The van der Waals surface area contributed by atoms with E-state index < -0.39 is 0 Å². The van der Waals surface area contributed by atoms with E-state index in [9.17, 15) is 9.59 Å². The lowest BCUT2D eigenvalue weighted by molar-refractivity contribution is -0.112. The molecule has 0 spiro atoms. The van der Waals surface area contributed by atoms with E-state index in [0.717, 1.165) is 17.3 Å². The molecule has 0 bridgehead atoms. The number of allylic oxidation sites excluding steroid dienone is 1. The van der Waals surface area contributed by atoms with Gasteiger partial charge in [-0.3, -0.25) is 9.59 Å². The SMILES string of the molecule is Cc1ccc(NC(=O)/C=C\C=O)cc1. The van der Waals surface area contributed by atoms with Crippen LogP contribution in [0.4, 0.5) is 5.69 Å². The van der Waals surface area contributed by atoms with Gasteiger partial charge in [0.05, 0.1) is 0 Å². The van der Waals surface area contributed by atoms with Crippen molar-refractivity contribution in [2.45, 2.75) is 6.92 Å². The van der Waals surface area contributed by atoms with Crippen molar-refractivity contribution in [2.75, 3.05) is 5.32 Å². The van der Waals surface area contributed by atoms with Crippen molar-refractivity contribution in [1.29, 1.82) is 0 Å². The highest BCUT2D eigenvalue weighted by molar-refractivity contribution is 6.00. The number of benzene rings is 1. The van der Waals surface area contributed by atoms with Crippen LogP contribution in [0.5, 0.6) is 0 Å². The van der Waals surface area contributed by atoms with Crippen molar-refractivity contribution < 1.29 is 9.59 Å². The Kier molecular flexibility index (Phi) is 3.61. The normalized spacial score (nSPS) is 10.1. The highest BCUT2D eigenvalue weighted by Gasteiger charge is 1.95. The fraction of sp³-hybridized carbons (Fsp3) is 0.0909. The number of anilines is 1. The Labute approximate surface area is 82.4 Å². The molecule has 0 fully saturated rings. The first-order chi connectivity index (χ1) is 6.72. The van der Waals surface area contributed by atoms with Gasteiger partial charge in [0, 0.05) is 11.8 Å². The van der Waals surface area contributed by atoms with E-state index in [2.05, 4.69) is 5.32 Å². The Morgan fingerprint density at radius 2 is 1.93 bits per heavy atom. The zero-order valence-electron chi connectivity index (χ0n) is 7.86. The Morgan fingerprint density at radius 1 is 1.29 bits per heavy atom. The van der Waals surface area contributed by atoms with Gasteiger partial charge in [0.2, 0.25) is 5.91 Å². The number of aryl methyl sites for hydroxylation is 1. The maximum absolute atomic E-state index is 11.1. The van der Waals surface area contributed by atoms with Crippen LogP contribution in [0.15, 0.2) is 36.4 Å². The van der Waals surface area contributed by atoms with Gasteiger partial charge in [-0.05, 0) is 25.1 Å². The summed E-state index contributed by atoms with van der Waals surface area (Å²) in [7, 11) is 0. The summed E-state index contributed by atoms with van der Waals surface area (Å²) in [4.78, 5) is 21.0. The first kappa shape index (κ1) is 10.2. The minimum absolute atomic E-state index is 0.305. The summed E-state index contributed by atoms with van der Waals surface area (Å²) >= 11 is 0. The lowest BCUT2D eigenvalue weighted by Crippen LogP contribution is -2.07. The molecular weight excluding hydrogens is 178 g/mol. The quantitative estimate of drug-likeness (QED) is 0.581. The molecule has 3 heteroatoms. The number of aldehydes is 1. The third-order valence-corrected chi connectivity index (χ3v) is 1.65. The summed E-state index contributed by atoms with van der Waals surface area (Å²) in [5.41, 5.74) is 1.85. The van der Waals surface area contributed by atoms with Gasteiger partial charge in [-0.1, -0.05) is 17.7 Å². The molecule has 0 saturated carbocycles. The maximum Gasteiger partial charge on any atom is 0.248 e. The van der Waals surface area contributed by atoms with Crippen LogP contribution < -0.4 is 5.32 Å². The Bertz CT molecular complexity index is 352. The zero-order valence-corrected chi connectivity index (χ0v) is 7.86. The van der Waals surface area contributed by atoms with Crippen molar-refractivity contribution >= 4 is 17.9 Å². The monoisotopic (exact) mass is 189 g/mol. The molecule has 72 valence electrons. The summed E-state index contributed by atoms with van der Waals surface area (Å²) in [5.74, 6) is -0.305. The van der Waals surface area contributed by atoms with Crippen LogP contribution in [0.25, 0.3) is 0 Å². The van der Waals surface area contributed by atoms with Crippen LogP contribution >= 0.6 is 0 Å². The standard InChI is InChI=1S/C11H11NO2/c1-9-4-6-10(7-5-9)12-11(14)3-2-8-13/h2-8H,1H3,(H,12,14)/b3-2-. The molecule has 1 rings (SSSR count). The Hall–Kier alpha value is -1.90. The Balaban J connectivity index is 2.60. The third-order valence-electron chi connectivity index (χ3n) is 1.65. The molecule has 1 aromatic rings. The molecule has 0 aromatic heterocycles. The summed E-state index contributed by atoms with van der Waals surface area (Å²) < 4.78 is 0. The molecule has 0 aliphatic carbocycles. The van der Waals surface area contributed by atoms with Gasteiger partial charge in [0.1, 0.15) is 6.29 Å². The first-order valence-corrected chi connectivity index (χ1v) is 4.22. The van der Waals surface area contributed by atoms with Gasteiger partial charge in [0.15, 0.2) is 0 Å². The van der Waals surface area contributed by atoms with Gasteiger partial charge < -0.3 is 5.32 Å². The van der Waals surface area contributed by atoms with E-state index in [4.69, 9.17) is 0 Å². The van der Waals surface area contributed by atoms with Gasteiger partial charge in [-0.15, -0.1) is 0 Å². The Morgan fingerprint density at radius 3 is 2.50 bits per heavy atom. The molecular formula is C11H11NO2. The first-order valence-electron chi connectivity index (χ1n) is 4.22. The van der Waals surface area contributed by atoms with Crippen molar-refractivity contribution in [3.05, 3.63) is 42.0 Å². The minimum Gasteiger partial charge on any atom is -0.323 e. The molecule has 0 atom stereocenters. The van der Waals surface area contributed by atoms with Crippen LogP contribution in [-0.2, 0) is 9.59 Å². The predicted octanol–water partition coefficient (Wildman–Crippen LogP) is 1.69. The van der Waals surface area contributed by atoms with Gasteiger partial charge >= 0.3 is 0 Å². The second kappa shape index (κ2) is 4.97. The van der Waals surface area contributed by atoms with E-state index in [0.29, 0.717) is 6.29 Å². The molecule has 0 aliphatic heterocycles. The van der Waals surface area contributed by atoms with Crippen molar-refractivity contribution in [3.63, 3.8) is 0 Å². The van der Waals surface area contributed by atoms with Crippen molar-refractivity contribution in [3.8, 4) is 0 Å². The predicted molar refractivity (Wildman–Crippen MR) is 55.0 cm³/mol. The van der Waals surface area contributed by atoms with Crippen molar-refractivity contribution in [2.24, 2.45) is 0 Å². The highest BCUT2D eigenvalue weighted by atomic mass is 16.1. The number of carbonyl (C=O) groups is 2. The number of amides is 1. The molecule has 3 nitrogen and oxygen atoms in total. The maximum atomic E-state index is 11.1. The summed E-state index contributed by atoms with van der Waals surface area (Å²) in [5, 5.41) is 2.62. The number of carbonyl (C=O) groups excluding carboxylic acids is 2. The van der Waals surface area contributed by atoms with Crippen LogP contribution in [0.2, 0.25) is 0 Å². The number of hydrogen-bond donors (Lipinski definition) is 1. The van der Waals surface area contributed by atoms with E-state index in [1.54, 1.807) is 0 Å². The summed E-state index contributed by atoms with van der Waals surface area (Å²) in [6, 6.07) is 7.42. The molecule has 0 heterocycles. The molecule has 1 aromatic carbocycles. The fourth-order valence-electron chi connectivity index (χ4n) is 0.948. The largest absolute Gasteiger partial charge is 0.323 e. The molecule has 0 aliphatic rings. The minimum atomic E-state index is -0.305. The van der Waals surface area contributed by atoms with Gasteiger partial charge in [0.25, 0.3) is 0 Å². The second-order valence-electron chi connectivity index (χ2n) is 2.85. The molecule has 0 radical (unpaired) electrons. The fourth-order valence-corrected chi connectivity index (χ4v) is 0.948. The molecule has 0 saturated heterocycles. The average Bonchev–Trinajstić information content (AvgIpc) is 2.18. The van der Waals surface area contributed by atoms with E-state index in [1.165, 1.54) is 6.08 Å². The van der Waals surface area contributed by atoms with E-state index in [1.807, 2.05) is 31.2 Å². The smallest absolute Gasteiger partial charge is 0.248 e. The second-order valence-corrected chi connectivity index (χ2v) is 2.85. The highest BCUT2D eigenvalue weighted by Crippen LogP contribution is 2.08. The van der Waals surface area contributed by atoms with Gasteiger partial charge in [-0.2, -0.15) is 0 Å². The number of rotatable bonds is 3. The topological polar surface area (TPSA) is 46.2 Å². The van der Waals surface area contributed by atoms with Crippen molar-refractivity contribution in [1.82, 2.24) is 0 Å². The zero-order chi connectivity index (χ0) is 10.4. The van der Waals surface area contributed by atoms with E-state index in [-0.39, 0.29) is 5.91 Å². The van der Waals surface area contributed by atoms with Crippen LogP contribution in [-0.4, -0.2) is 12.2 Å². The van der Waals surface area contributed by atoms with Gasteiger partial charge in [-0.25, -0.2) is 0 Å². The lowest BCUT2D eigenvalue weighted by Gasteiger charge is -2.01. The summed E-state index contributed by atoms with van der Waals surface area (Å²) in [6.07, 6.45) is 2.91. The lowest BCUT2D eigenvalue weighted by atomic mass is 10.2. The number of nitrogens with one attached hydrogen (secondary N) is 1. The van der Waals surface area contributed by atoms with Crippen LogP contribution in [0.3, 0.4) is 0 Å².